The van der Waals surface area contributed by atoms with Gasteiger partial charge >= 0.3 is 11.9 Å². The molecule has 0 aliphatic heterocycles. The Morgan fingerprint density at radius 1 is 1.14 bits per heavy atom. The molecule has 116 valence electrons. The number of carbonyl (C=O) groups is 2. The molecule has 1 aromatic rings. The van der Waals surface area contributed by atoms with Crippen LogP contribution in [0.3, 0.4) is 0 Å². The van der Waals surface area contributed by atoms with E-state index in [0.717, 1.165) is 6.42 Å². The van der Waals surface area contributed by atoms with Crippen molar-refractivity contribution in [3.05, 3.63) is 29.8 Å². The molecule has 21 heavy (non-hydrogen) atoms. The van der Waals surface area contributed by atoms with Crippen molar-refractivity contribution in [1.82, 2.24) is 0 Å². The number of hydrogen-bond donors (Lipinski definition) is 0. The molecule has 0 fully saturated rings. The summed E-state index contributed by atoms with van der Waals surface area (Å²) in [5.74, 6) is -0.355. The van der Waals surface area contributed by atoms with Crippen molar-refractivity contribution in [3.8, 4) is 5.75 Å². The largest absolute Gasteiger partial charge is 0.479 e. The minimum atomic E-state index is -0.672. The SMILES string of the molecule is CCCOC(=O)C(CC)Oc1cccc(C(=O)OCC)c1. The van der Waals surface area contributed by atoms with Gasteiger partial charge in [-0.25, -0.2) is 9.59 Å². The van der Waals surface area contributed by atoms with Crippen LogP contribution in [0.2, 0.25) is 0 Å². The average molecular weight is 294 g/mol. The highest BCUT2D eigenvalue weighted by Crippen LogP contribution is 2.17. The van der Waals surface area contributed by atoms with E-state index in [1.165, 1.54) is 0 Å². The van der Waals surface area contributed by atoms with E-state index in [0.29, 0.717) is 30.9 Å². The van der Waals surface area contributed by atoms with Gasteiger partial charge in [-0.05, 0) is 38.0 Å². The molecule has 1 rings (SSSR count). The lowest BCUT2D eigenvalue weighted by atomic mass is 10.2. The minimum absolute atomic E-state index is 0.310. The van der Waals surface area contributed by atoms with E-state index < -0.39 is 12.1 Å². The lowest BCUT2D eigenvalue weighted by molar-refractivity contribution is -0.152. The molecule has 0 amide bonds. The maximum absolute atomic E-state index is 11.8. The van der Waals surface area contributed by atoms with E-state index in [2.05, 4.69) is 0 Å². The first kappa shape index (κ1) is 17.0. The zero-order valence-electron chi connectivity index (χ0n) is 12.8. The van der Waals surface area contributed by atoms with E-state index in [4.69, 9.17) is 14.2 Å². The van der Waals surface area contributed by atoms with Crippen LogP contribution in [-0.2, 0) is 14.3 Å². The zero-order valence-corrected chi connectivity index (χ0v) is 12.8. The molecule has 0 radical (unpaired) electrons. The Balaban J connectivity index is 2.74. The summed E-state index contributed by atoms with van der Waals surface area (Å²) in [5.41, 5.74) is 0.395. The molecule has 5 nitrogen and oxygen atoms in total. The van der Waals surface area contributed by atoms with Gasteiger partial charge in [0.25, 0.3) is 0 Å². The van der Waals surface area contributed by atoms with Gasteiger partial charge in [0.15, 0.2) is 6.10 Å². The van der Waals surface area contributed by atoms with Gasteiger partial charge in [-0.2, -0.15) is 0 Å². The summed E-state index contributed by atoms with van der Waals surface area (Å²) in [7, 11) is 0. The van der Waals surface area contributed by atoms with Crippen molar-refractivity contribution in [2.75, 3.05) is 13.2 Å². The molecule has 1 unspecified atom stereocenters. The van der Waals surface area contributed by atoms with Gasteiger partial charge in [0, 0.05) is 0 Å². The Kier molecular flexibility index (Phi) is 7.29. The van der Waals surface area contributed by atoms with Crippen LogP contribution in [0, 0.1) is 0 Å². The predicted molar refractivity (Wildman–Crippen MR) is 78.4 cm³/mol. The van der Waals surface area contributed by atoms with Gasteiger partial charge in [-0.1, -0.05) is 19.9 Å². The van der Waals surface area contributed by atoms with Crippen molar-refractivity contribution < 1.29 is 23.8 Å². The molecule has 0 aromatic heterocycles. The highest BCUT2D eigenvalue weighted by molar-refractivity contribution is 5.89. The molecule has 0 saturated heterocycles. The van der Waals surface area contributed by atoms with E-state index in [1.54, 1.807) is 31.2 Å². The van der Waals surface area contributed by atoms with Crippen LogP contribution in [-0.4, -0.2) is 31.3 Å². The van der Waals surface area contributed by atoms with Gasteiger partial charge in [-0.3, -0.25) is 0 Å². The summed E-state index contributed by atoms with van der Waals surface area (Å²) in [6.45, 7) is 6.20. The molecule has 0 bridgehead atoms. The third kappa shape index (κ3) is 5.45. The Bertz CT molecular complexity index is 469. The minimum Gasteiger partial charge on any atom is -0.479 e. The maximum Gasteiger partial charge on any atom is 0.347 e. The van der Waals surface area contributed by atoms with Crippen molar-refractivity contribution in [1.29, 1.82) is 0 Å². The molecule has 1 aromatic carbocycles. The normalized spacial score (nSPS) is 11.6. The topological polar surface area (TPSA) is 61.8 Å². The highest BCUT2D eigenvalue weighted by Gasteiger charge is 2.20. The van der Waals surface area contributed by atoms with Gasteiger partial charge in [0.1, 0.15) is 5.75 Å². The van der Waals surface area contributed by atoms with Crippen LogP contribution >= 0.6 is 0 Å². The second-order valence-electron chi connectivity index (χ2n) is 4.43. The molecular weight excluding hydrogens is 272 g/mol. The first-order valence-electron chi connectivity index (χ1n) is 7.22. The lowest BCUT2D eigenvalue weighted by Crippen LogP contribution is -2.29. The second kappa shape index (κ2) is 9.00. The molecule has 0 aliphatic rings. The van der Waals surface area contributed by atoms with E-state index in [9.17, 15) is 9.59 Å². The third-order valence-corrected chi connectivity index (χ3v) is 2.71. The van der Waals surface area contributed by atoms with Crippen molar-refractivity contribution in [3.63, 3.8) is 0 Å². The Labute approximate surface area is 125 Å². The van der Waals surface area contributed by atoms with Crippen molar-refractivity contribution in [2.45, 2.75) is 39.7 Å². The molecular formula is C16H22O5. The van der Waals surface area contributed by atoms with Crippen LogP contribution in [0.1, 0.15) is 44.0 Å². The van der Waals surface area contributed by atoms with Crippen molar-refractivity contribution >= 4 is 11.9 Å². The first-order chi connectivity index (χ1) is 10.1. The maximum atomic E-state index is 11.8. The fourth-order valence-corrected chi connectivity index (χ4v) is 1.67. The Hall–Kier alpha value is -2.04. The molecule has 5 heteroatoms. The molecule has 0 heterocycles. The average Bonchev–Trinajstić information content (AvgIpc) is 2.50. The highest BCUT2D eigenvalue weighted by atomic mass is 16.6. The smallest absolute Gasteiger partial charge is 0.347 e. The van der Waals surface area contributed by atoms with Crippen molar-refractivity contribution in [2.24, 2.45) is 0 Å². The standard InChI is InChI=1S/C16H22O5/c1-4-10-20-16(18)14(5-2)21-13-9-7-8-12(11-13)15(17)19-6-3/h7-9,11,14H,4-6,10H2,1-3H3. The van der Waals surface area contributed by atoms with Gasteiger partial charge in [-0.15, -0.1) is 0 Å². The van der Waals surface area contributed by atoms with Crippen LogP contribution in [0.25, 0.3) is 0 Å². The zero-order chi connectivity index (χ0) is 15.7. The van der Waals surface area contributed by atoms with Crippen LogP contribution < -0.4 is 4.74 Å². The second-order valence-corrected chi connectivity index (χ2v) is 4.43. The summed E-state index contributed by atoms with van der Waals surface area (Å²) in [6, 6.07) is 6.58. The van der Waals surface area contributed by atoms with Crippen LogP contribution in [0.5, 0.6) is 5.75 Å². The predicted octanol–water partition coefficient (Wildman–Crippen LogP) is 2.97. The summed E-state index contributed by atoms with van der Waals surface area (Å²) in [4.78, 5) is 23.5. The van der Waals surface area contributed by atoms with Gasteiger partial charge in [0.05, 0.1) is 18.8 Å². The van der Waals surface area contributed by atoms with Gasteiger partial charge in [0.2, 0.25) is 0 Å². The monoisotopic (exact) mass is 294 g/mol. The Morgan fingerprint density at radius 3 is 2.52 bits per heavy atom. The molecule has 0 saturated carbocycles. The fraction of sp³-hybridized carbons (Fsp3) is 0.500. The number of hydrogen-bond acceptors (Lipinski definition) is 5. The number of benzene rings is 1. The van der Waals surface area contributed by atoms with Crippen LogP contribution in [0.15, 0.2) is 24.3 Å². The molecule has 0 N–H and O–H groups in total. The molecule has 0 spiro atoms. The quantitative estimate of drug-likeness (QED) is 0.690. The number of ether oxygens (including phenoxy) is 3. The molecule has 0 aliphatic carbocycles. The number of rotatable bonds is 8. The van der Waals surface area contributed by atoms with Gasteiger partial charge < -0.3 is 14.2 Å². The lowest BCUT2D eigenvalue weighted by Gasteiger charge is -2.16. The van der Waals surface area contributed by atoms with E-state index in [-0.39, 0.29) is 5.97 Å². The summed E-state index contributed by atoms with van der Waals surface area (Å²) < 4.78 is 15.6. The Morgan fingerprint density at radius 2 is 1.90 bits per heavy atom. The summed E-state index contributed by atoms with van der Waals surface area (Å²) in [6.07, 6.45) is 0.584. The number of esters is 2. The third-order valence-electron chi connectivity index (χ3n) is 2.71. The van der Waals surface area contributed by atoms with Crippen LogP contribution in [0.4, 0.5) is 0 Å². The van der Waals surface area contributed by atoms with E-state index in [1.807, 2.05) is 13.8 Å². The summed E-state index contributed by atoms with van der Waals surface area (Å²) >= 11 is 0. The van der Waals surface area contributed by atoms with E-state index >= 15 is 0 Å². The molecule has 1 atom stereocenters. The summed E-state index contributed by atoms with van der Waals surface area (Å²) in [5, 5.41) is 0. The number of carbonyl (C=O) groups excluding carboxylic acids is 2. The fourth-order valence-electron chi connectivity index (χ4n) is 1.67. The first-order valence-corrected chi connectivity index (χ1v) is 7.22.